The van der Waals surface area contributed by atoms with E-state index in [4.69, 9.17) is 10.2 Å². The summed E-state index contributed by atoms with van der Waals surface area (Å²) in [7, 11) is 0. The fraction of sp³-hybridized carbons (Fsp3) is 0.462. The predicted molar refractivity (Wildman–Crippen MR) is 72.1 cm³/mol. The highest BCUT2D eigenvalue weighted by Gasteiger charge is 2.11. The third kappa shape index (κ3) is 3.51. The Balaban J connectivity index is 2.02. The molecule has 2 heterocycles. The molecular weight excluding hydrogens is 242 g/mol. The molecule has 0 saturated heterocycles. The standard InChI is InChI=1S/C13H19N5O/c1-3-11-16-17-12(19-11)9-18(4-2)8-10-6-5-7-15-13(10)14/h5-7H,3-4,8-9H2,1-2H3,(H2,14,15). The normalized spacial score (nSPS) is 11.1. The quantitative estimate of drug-likeness (QED) is 0.851. The largest absolute Gasteiger partial charge is 0.424 e. The number of nitrogens with zero attached hydrogens (tertiary/aromatic N) is 4. The maximum absolute atomic E-state index is 5.85. The Labute approximate surface area is 112 Å². The number of anilines is 1. The van der Waals surface area contributed by atoms with Crippen LogP contribution in [0.15, 0.2) is 22.7 Å². The van der Waals surface area contributed by atoms with Gasteiger partial charge < -0.3 is 10.2 Å². The molecule has 0 atom stereocenters. The van der Waals surface area contributed by atoms with Crippen LogP contribution in [0.4, 0.5) is 5.82 Å². The molecule has 6 nitrogen and oxygen atoms in total. The molecule has 0 radical (unpaired) electrons. The number of nitrogen functional groups attached to an aromatic ring is 1. The lowest BCUT2D eigenvalue weighted by Crippen LogP contribution is -2.23. The lowest BCUT2D eigenvalue weighted by atomic mass is 10.2. The first-order chi connectivity index (χ1) is 9.22. The summed E-state index contributed by atoms with van der Waals surface area (Å²) in [6.07, 6.45) is 2.45. The number of aromatic nitrogens is 3. The van der Waals surface area contributed by atoms with E-state index in [1.165, 1.54) is 0 Å². The zero-order valence-corrected chi connectivity index (χ0v) is 11.3. The first-order valence-corrected chi connectivity index (χ1v) is 6.45. The molecule has 2 N–H and O–H groups in total. The average Bonchev–Trinajstić information content (AvgIpc) is 2.88. The Morgan fingerprint density at radius 2 is 2.00 bits per heavy atom. The maximum atomic E-state index is 5.85. The predicted octanol–water partition coefficient (Wildman–Crippen LogP) is 1.63. The van der Waals surface area contributed by atoms with E-state index < -0.39 is 0 Å². The van der Waals surface area contributed by atoms with Gasteiger partial charge in [-0.25, -0.2) is 4.98 Å². The lowest BCUT2D eigenvalue weighted by molar-refractivity contribution is 0.240. The fourth-order valence-electron chi connectivity index (χ4n) is 1.79. The Hall–Kier alpha value is -1.95. The second kappa shape index (κ2) is 6.29. The Morgan fingerprint density at radius 1 is 1.21 bits per heavy atom. The molecule has 0 bridgehead atoms. The number of hydrogen-bond donors (Lipinski definition) is 1. The van der Waals surface area contributed by atoms with Crippen LogP contribution in [0.5, 0.6) is 0 Å². The zero-order valence-electron chi connectivity index (χ0n) is 11.3. The number of pyridine rings is 1. The van der Waals surface area contributed by atoms with Crippen molar-refractivity contribution in [1.82, 2.24) is 20.1 Å². The van der Waals surface area contributed by atoms with E-state index in [1.807, 2.05) is 19.1 Å². The van der Waals surface area contributed by atoms with Crippen molar-refractivity contribution in [2.45, 2.75) is 33.4 Å². The van der Waals surface area contributed by atoms with Crippen LogP contribution in [0.2, 0.25) is 0 Å². The molecular formula is C13H19N5O. The van der Waals surface area contributed by atoms with E-state index in [1.54, 1.807) is 6.20 Å². The van der Waals surface area contributed by atoms with Crippen molar-refractivity contribution < 1.29 is 4.42 Å². The van der Waals surface area contributed by atoms with Crippen LogP contribution in [-0.4, -0.2) is 26.6 Å². The van der Waals surface area contributed by atoms with E-state index in [2.05, 4.69) is 27.0 Å². The highest BCUT2D eigenvalue weighted by Crippen LogP contribution is 2.13. The molecule has 6 heteroatoms. The molecule has 0 aromatic carbocycles. The van der Waals surface area contributed by atoms with Gasteiger partial charge in [-0.1, -0.05) is 19.9 Å². The molecule has 2 rings (SSSR count). The minimum absolute atomic E-state index is 0.570. The summed E-state index contributed by atoms with van der Waals surface area (Å²) in [6, 6.07) is 3.87. The second-order valence-electron chi connectivity index (χ2n) is 4.29. The lowest BCUT2D eigenvalue weighted by Gasteiger charge is -2.18. The highest BCUT2D eigenvalue weighted by atomic mass is 16.4. The summed E-state index contributed by atoms with van der Waals surface area (Å²) < 4.78 is 5.52. The summed E-state index contributed by atoms with van der Waals surface area (Å²) in [5.41, 5.74) is 6.87. The number of nitrogens with two attached hydrogens (primary N) is 1. The summed E-state index contributed by atoms with van der Waals surface area (Å²) in [5.74, 6) is 1.88. The molecule has 2 aromatic heterocycles. The van der Waals surface area contributed by atoms with Gasteiger partial charge in [0.2, 0.25) is 11.8 Å². The van der Waals surface area contributed by atoms with E-state index in [0.717, 1.165) is 25.1 Å². The maximum Gasteiger partial charge on any atom is 0.230 e. The topological polar surface area (TPSA) is 81.1 Å². The van der Waals surface area contributed by atoms with Gasteiger partial charge in [-0.3, -0.25) is 4.90 Å². The second-order valence-corrected chi connectivity index (χ2v) is 4.29. The van der Waals surface area contributed by atoms with Crippen LogP contribution in [0.1, 0.15) is 31.2 Å². The molecule has 2 aromatic rings. The number of hydrogen-bond acceptors (Lipinski definition) is 6. The van der Waals surface area contributed by atoms with Gasteiger partial charge in [0.25, 0.3) is 0 Å². The van der Waals surface area contributed by atoms with Gasteiger partial charge in [-0.05, 0) is 12.6 Å². The van der Waals surface area contributed by atoms with Gasteiger partial charge in [-0.15, -0.1) is 10.2 Å². The molecule has 0 saturated carbocycles. The van der Waals surface area contributed by atoms with E-state index >= 15 is 0 Å². The van der Waals surface area contributed by atoms with Crippen molar-refractivity contribution in [2.24, 2.45) is 0 Å². The Bertz CT molecular complexity index is 525. The number of aryl methyl sites for hydroxylation is 1. The van der Waals surface area contributed by atoms with Crippen molar-refractivity contribution in [3.05, 3.63) is 35.7 Å². The van der Waals surface area contributed by atoms with Crippen molar-refractivity contribution in [3.8, 4) is 0 Å². The van der Waals surface area contributed by atoms with E-state index in [-0.39, 0.29) is 0 Å². The average molecular weight is 261 g/mol. The Kier molecular flexibility index (Phi) is 4.46. The molecule has 0 aliphatic rings. The zero-order chi connectivity index (χ0) is 13.7. The van der Waals surface area contributed by atoms with Crippen LogP contribution >= 0.6 is 0 Å². The van der Waals surface area contributed by atoms with Crippen LogP contribution < -0.4 is 5.73 Å². The molecule has 0 spiro atoms. The van der Waals surface area contributed by atoms with Crippen LogP contribution in [0.3, 0.4) is 0 Å². The minimum atomic E-state index is 0.570. The number of rotatable bonds is 6. The van der Waals surface area contributed by atoms with Crippen LogP contribution in [-0.2, 0) is 19.5 Å². The van der Waals surface area contributed by atoms with E-state index in [9.17, 15) is 0 Å². The Morgan fingerprint density at radius 3 is 2.63 bits per heavy atom. The third-order valence-electron chi connectivity index (χ3n) is 2.94. The summed E-state index contributed by atoms with van der Waals surface area (Å²) in [4.78, 5) is 6.27. The molecule has 0 aliphatic carbocycles. The van der Waals surface area contributed by atoms with E-state index in [0.29, 0.717) is 24.1 Å². The summed E-state index contributed by atoms with van der Waals surface area (Å²) in [6.45, 7) is 6.30. The minimum Gasteiger partial charge on any atom is -0.424 e. The van der Waals surface area contributed by atoms with Crippen molar-refractivity contribution in [1.29, 1.82) is 0 Å². The first-order valence-electron chi connectivity index (χ1n) is 6.45. The van der Waals surface area contributed by atoms with Crippen LogP contribution in [0, 0.1) is 0 Å². The van der Waals surface area contributed by atoms with Gasteiger partial charge in [0.1, 0.15) is 5.82 Å². The van der Waals surface area contributed by atoms with Gasteiger partial charge in [0, 0.05) is 24.7 Å². The van der Waals surface area contributed by atoms with Gasteiger partial charge >= 0.3 is 0 Å². The first kappa shape index (κ1) is 13.5. The van der Waals surface area contributed by atoms with Crippen molar-refractivity contribution in [2.75, 3.05) is 12.3 Å². The van der Waals surface area contributed by atoms with Crippen molar-refractivity contribution in [3.63, 3.8) is 0 Å². The van der Waals surface area contributed by atoms with Gasteiger partial charge in [0.05, 0.1) is 6.54 Å². The van der Waals surface area contributed by atoms with Gasteiger partial charge in [0.15, 0.2) is 0 Å². The van der Waals surface area contributed by atoms with Crippen LogP contribution in [0.25, 0.3) is 0 Å². The SMILES string of the molecule is CCc1nnc(CN(CC)Cc2cccnc2N)o1. The monoisotopic (exact) mass is 261 g/mol. The molecule has 0 fully saturated rings. The fourth-order valence-corrected chi connectivity index (χ4v) is 1.79. The highest BCUT2D eigenvalue weighted by molar-refractivity contribution is 5.38. The molecule has 0 unspecified atom stereocenters. The van der Waals surface area contributed by atoms with Gasteiger partial charge in [-0.2, -0.15) is 0 Å². The molecule has 19 heavy (non-hydrogen) atoms. The molecule has 0 amide bonds. The van der Waals surface area contributed by atoms with Crippen molar-refractivity contribution >= 4 is 5.82 Å². The smallest absolute Gasteiger partial charge is 0.230 e. The summed E-state index contributed by atoms with van der Waals surface area (Å²) >= 11 is 0. The summed E-state index contributed by atoms with van der Waals surface area (Å²) in [5, 5.41) is 8.00. The molecule has 102 valence electrons. The third-order valence-corrected chi connectivity index (χ3v) is 2.94. The molecule has 0 aliphatic heterocycles.